The van der Waals surface area contributed by atoms with Gasteiger partial charge in [0.15, 0.2) is 6.29 Å². The minimum absolute atomic E-state index is 0.265. The number of hydrogen-bond acceptors (Lipinski definition) is 10. The lowest BCUT2D eigenvalue weighted by Crippen LogP contribution is -2.60. The number of carbonyl (C=O) groups excluding carboxylic acids is 1. The van der Waals surface area contributed by atoms with Gasteiger partial charge in [-0.05, 0) is 12.8 Å². The Morgan fingerprint density at radius 3 is 1.34 bits per heavy atom. The lowest BCUT2D eigenvalue weighted by Gasteiger charge is -2.40. The minimum Gasteiger partial charge on any atom is -0.394 e. The van der Waals surface area contributed by atoms with Crippen molar-refractivity contribution in [1.29, 1.82) is 0 Å². The highest BCUT2D eigenvalue weighted by atomic mass is 16.7. The molecule has 0 aromatic heterocycles. The highest BCUT2D eigenvalue weighted by Crippen LogP contribution is 2.23. The minimum atomic E-state index is -1.65. The normalized spacial score (nSPS) is 22.2. The summed E-state index contributed by atoms with van der Waals surface area (Å²) in [4.78, 5) is 12.9. The molecule has 11 heteroatoms. The molecule has 1 aliphatic rings. The lowest BCUT2D eigenvalue weighted by molar-refractivity contribution is -0.303. The van der Waals surface area contributed by atoms with E-state index in [4.69, 9.17) is 9.47 Å². The van der Waals surface area contributed by atoms with Crippen molar-refractivity contribution < 1.29 is 50.0 Å². The van der Waals surface area contributed by atoms with Gasteiger partial charge in [0.2, 0.25) is 5.91 Å². The topological polar surface area (TPSA) is 189 Å². The molecule has 56 heavy (non-hydrogen) atoms. The average molecular weight is 804 g/mol. The second-order valence-electron chi connectivity index (χ2n) is 16.8. The zero-order valence-corrected chi connectivity index (χ0v) is 35.9. The first-order chi connectivity index (χ1) is 27.2. The van der Waals surface area contributed by atoms with E-state index in [1.165, 1.54) is 141 Å². The molecule has 8 N–H and O–H groups in total. The van der Waals surface area contributed by atoms with Crippen molar-refractivity contribution in [2.75, 3.05) is 13.2 Å². The number of aliphatic hydroxyl groups is 7. The summed E-state index contributed by atoms with van der Waals surface area (Å²) >= 11 is 0. The number of amides is 1. The number of ether oxygens (including phenoxy) is 2. The van der Waals surface area contributed by atoms with Crippen molar-refractivity contribution in [2.45, 2.75) is 268 Å². The van der Waals surface area contributed by atoms with Crippen LogP contribution in [0, 0.1) is 0 Å². The van der Waals surface area contributed by atoms with E-state index in [1.807, 2.05) is 6.92 Å². The van der Waals surface area contributed by atoms with Gasteiger partial charge in [0.05, 0.1) is 25.4 Å². The molecule has 0 spiro atoms. The van der Waals surface area contributed by atoms with Gasteiger partial charge in [-0.1, -0.05) is 200 Å². The second-order valence-corrected chi connectivity index (χ2v) is 16.8. The fourth-order valence-corrected chi connectivity index (χ4v) is 7.74. The summed E-state index contributed by atoms with van der Waals surface area (Å²) in [6.45, 7) is 3.25. The molecule has 0 aromatic rings. The summed E-state index contributed by atoms with van der Waals surface area (Å²) in [5, 5.41) is 74.6. The van der Waals surface area contributed by atoms with Crippen LogP contribution in [0.2, 0.25) is 0 Å². The molecule has 1 aliphatic heterocycles. The van der Waals surface area contributed by atoms with Crippen LogP contribution in [0.15, 0.2) is 0 Å². The first-order valence-electron chi connectivity index (χ1n) is 23.4. The molecule has 0 aliphatic carbocycles. The van der Waals surface area contributed by atoms with E-state index in [2.05, 4.69) is 12.2 Å². The van der Waals surface area contributed by atoms with Crippen molar-refractivity contribution in [3.63, 3.8) is 0 Å². The maximum absolute atomic E-state index is 12.9. The van der Waals surface area contributed by atoms with Crippen molar-refractivity contribution in [3.05, 3.63) is 0 Å². The van der Waals surface area contributed by atoms with E-state index in [-0.39, 0.29) is 6.42 Å². The summed E-state index contributed by atoms with van der Waals surface area (Å²) in [7, 11) is 0. The smallest absolute Gasteiger partial charge is 0.249 e. The van der Waals surface area contributed by atoms with Crippen molar-refractivity contribution in [3.8, 4) is 0 Å². The fraction of sp³-hybridized carbons (Fsp3) is 0.978. The van der Waals surface area contributed by atoms with E-state index >= 15 is 0 Å². The Balaban J connectivity index is 2.13. The SMILES string of the molecule is CCCCCCCCCCCCCCCCCCCCCCCCCCCCC(O)C(=O)NC(COC1OC(CO)C(O)C(O)C1O)C(O)C(O)CCCCC. The first-order valence-corrected chi connectivity index (χ1v) is 23.4. The van der Waals surface area contributed by atoms with Crippen LogP contribution in [-0.4, -0.2) is 110 Å². The van der Waals surface area contributed by atoms with Crippen LogP contribution in [0.25, 0.3) is 0 Å². The maximum Gasteiger partial charge on any atom is 0.249 e. The van der Waals surface area contributed by atoms with Gasteiger partial charge >= 0.3 is 0 Å². The van der Waals surface area contributed by atoms with Crippen LogP contribution >= 0.6 is 0 Å². The molecule has 1 rings (SSSR count). The molecule has 0 radical (unpaired) electrons. The number of unbranched alkanes of at least 4 members (excludes halogenated alkanes) is 27. The second kappa shape index (κ2) is 36.0. The summed E-state index contributed by atoms with van der Waals surface area (Å²) in [5.74, 6) is -0.702. The van der Waals surface area contributed by atoms with Crippen LogP contribution in [0.4, 0.5) is 0 Å². The molecular weight excluding hydrogens is 714 g/mol. The molecule has 0 bridgehead atoms. The average Bonchev–Trinajstić information content (AvgIpc) is 3.20. The third-order valence-corrected chi connectivity index (χ3v) is 11.7. The van der Waals surface area contributed by atoms with E-state index in [0.29, 0.717) is 19.3 Å². The highest BCUT2D eigenvalue weighted by Gasteiger charge is 2.44. The van der Waals surface area contributed by atoms with Crippen molar-refractivity contribution in [1.82, 2.24) is 5.32 Å². The van der Waals surface area contributed by atoms with E-state index in [0.717, 1.165) is 32.1 Å². The standard InChI is InChI=1S/C45H89NO10/c1-3-5-7-8-9-10-11-12-13-14-15-16-17-18-19-20-21-22-23-24-25-26-27-28-29-31-33-38(49)44(54)46-36(40(50)37(48)32-30-6-4-2)35-55-45-43(53)42(52)41(51)39(34-47)56-45/h36-43,45,47-53H,3-35H2,1-2H3,(H,46,54). The molecule has 1 saturated heterocycles. The predicted octanol–water partition coefficient (Wildman–Crippen LogP) is 7.50. The predicted molar refractivity (Wildman–Crippen MR) is 224 cm³/mol. The summed E-state index contributed by atoms with van der Waals surface area (Å²) in [5.41, 5.74) is 0. The van der Waals surface area contributed by atoms with Gasteiger partial charge < -0.3 is 50.5 Å². The number of hydrogen-bond donors (Lipinski definition) is 8. The fourth-order valence-electron chi connectivity index (χ4n) is 7.74. The zero-order chi connectivity index (χ0) is 41.2. The van der Waals surface area contributed by atoms with Crippen molar-refractivity contribution >= 4 is 5.91 Å². The third kappa shape index (κ3) is 25.6. The molecule has 9 atom stereocenters. The maximum atomic E-state index is 12.9. The van der Waals surface area contributed by atoms with Crippen LogP contribution < -0.4 is 5.32 Å². The van der Waals surface area contributed by atoms with E-state index < -0.39 is 74.2 Å². The molecule has 11 nitrogen and oxygen atoms in total. The van der Waals surface area contributed by atoms with Crippen LogP contribution in [0.1, 0.15) is 213 Å². The number of nitrogens with one attached hydrogen (secondary N) is 1. The van der Waals surface area contributed by atoms with Gasteiger partial charge in [0, 0.05) is 0 Å². The summed E-state index contributed by atoms with van der Waals surface area (Å²) < 4.78 is 11.0. The Kier molecular flexibility index (Phi) is 34.2. The molecule has 1 fully saturated rings. The molecular formula is C45H89NO10. The molecule has 0 aromatic carbocycles. The van der Waals surface area contributed by atoms with Crippen LogP contribution in [0.5, 0.6) is 0 Å². The first kappa shape index (κ1) is 53.1. The number of carbonyl (C=O) groups is 1. The summed E-state index contributed by atoms with van der Waals surface area (Å²) in [6.07, 6.45) is 25.8. The number of rotatable bonds is 39. The van der Waals surface area contributed by atoms with E-state index in [9.17, 15) is 40.5 Å². The Hall–Kier alpha value is -0.890. The van der Waals surface area contributed by atoms with Gasteiger partial charge in [0.1, 0.15) is 36.6 Å². The Labute approximate surface area is 341 Å². The Morgan fingerprint density at radius 2 is 0.929 bits per heavy atom. The largest absolute Gasteiger partial charge is 0.394 e. The highest BCUT2D eigenvalue weighted by molar-refractivity contribution is 5.80. The molecule has 0 saturated carbocycles. The van der Waals surface area contributed by atoms with E-state index in [1.54, 1.807) is 0 Å². The molecule has 9 unspecified atom stereocenters. The third-order valence-electron chi connectivity index (χ3n) is 11.7. The van der Waals surface area contributed by atoms with Gasteiger partial charge in [-0.25, -0.2) is 0 Å². The van der Waals surface area contributed by atoms with Crippen molar-refractivity contribution in [2.24, 2.45) is 0 Å². The number of aliphatic hydroxyl groups excluding tert-OH is 7. The van der Waals surface area contributed by atoms with Gasteiger partial charge in [-0.15, -0.1) is 0 Å². The molecule has 334 valence electrons. The van der Waals surface area contributed by atoms with Gasteiger partial charge in [-0.3, -0.25) is 4.79 Å². The summed E-state index contributed by atoms with van der Waals surface area (Å²) in [6, 6.07) is -1.16. The Bertz CT molecular complexity index is 882. The van der Waals surface area contributed by atoms with Crippen LogP contribution in [-0.2, 0) is 14.3 Å². The molecule has 1 amide bonds. The quantitative estimate of drug-likeness (QED) is 0.0289. The Morgan fingerprint density at radius 1 is 0.554 bits per heavy atom. The zero-order valence-electron chi connectivity index (χ0n) is 35.9. The van der Waals surface area contributed by atoms with Crippen LogP contribution in [0.3, 0.4) is 0 Å². The molecule has 1 heterocycles. The monoisotopic (exact) mass is 804 g/mol. The van der Waals surface area contributed by atoms with Gasteiger partial charge in [0.25, 0.3) is 0 Å². The van der Waals surface area contributed by atoms with Gasteiger partial charge in [-0.2, -0.15) is 0 Å². The lowest BCUT2D eigenvalue weighted by atomic mass is 9.98.